The molecule has 1 unspecified atom stereocenters. The van der Waals surface area contributed by atoms with Crippen molar-refractivity contribution in [3.63, 3.8) is 0 Å². The number of rotatable bonds is 15. The SMILES string of the molecule is Cc1cncc(NC(CCN(CCCCc2ccc3c(n2)NCCC3)CCOc2ccccn2)C(=O)O)n1. The first-order chi connectivity index (χ1) is 18.6. The fourth-order valence-electron chi connectivity index (χ4n) is 4.48. The Bertz CT molecular complexity index is 1160. The molecule has 0 saturated heterocycles. The van der Waals surface area contributed by atoms with Crippen LogP contribution in [-0.2, 0) is 17.6 Å². The minimum atomic E-state index is -0.912. The number of nitrogens with one attached hydrogen (secondary N) is 2. The maximum Gasteiger partial charge on any atom is 0.326 e. The normalized spacial score (nSPS) is 13.4. The van der Waals surface area contributed by atoms with Gasteiger partial charge in [0.15, 0.2) is 0 Å². The highest BCUT2D eigenvalue weighted by molar-refractivity contribution is 5.76. The van der Waals surface area contributed by atoms with Crippen molar-refractivity contribution >= 4 is 17.6 Å². The largest absolute Gasteiger partial charge is 0.480 e. The molecule has 202 valence electrons. The summed E-state index contributed by atoms with van der Waals surface area (Å²) in [5, 5.41) is 16.2. The van der Waals surface area contributed by atoms with Crippen molar-refractivity contribution in [3.05, 3.63) is 65.9 Å². The number of carbonyl (C=O) groups is 1. The number of aromatic nitrogens is 4. The Kier molecular flexibility index (Phi) is 10.2. The van der Waals surface area contributed by atoms with E-state index in [2.05, 4.69) is 42.6 Å². The maximum atomic E-state index is 11.9. The van der Waals surface area contributed by atoms with Crippen LogP contribution < -0.4 is 15.4 Å². The average Bonchev–Trinajstić information content (AvgIpc) is 2.93. The van der Waals surface area contributed by atoms with Gasteiger partial charge in [-0.1, -0.05) is 12.1 Å². The van der Waals surface area contributed by atoms with Gasteiger partial charge in [0.2, 0.25) is 5.88 Å². The van der Waals surface area contributed by atoms with Gasteiger partial charge in [-0.05, 0) is 69.7 Å². The highest BCUT2D eigenvalue weighted by Gasteiger charge is 2.20. The summed E-state index contributed by atoms with van der Waals surface area (Å²) in [5.74, 6) is 1.18. The van der Waals surface area contributed by atoms with E-state index in [1.165, 1.54) is 5.56 Å². The molecule has 1 aliphatic rings. The molecule has 10 nitrogen and oxygen atoms in total. The van der Waals surface area contributed by atoms with E-state index < -0.39 is 12.0 Å². The third-order valence-corrected chi connectivity index (χ3v) is 6.51. The van der Waals surface area contributed by atoms with Crippen LogP contribution in [-0.4, -0.2) is 74.7 Å². The monoisotopic (exact) mass is 519 g/mol. The van der Waals surface area contributed by atoms with Crippen molar-refractivity contribution in [2.75, 3.05) is 43.4 Å². The van der Waals surface area contributed by atoms with Crippen LogP contribution in [0.5, 0.6) is 5.88 Å². The lowest BCUT2D eigenvalue weighted by molar-refractivity contribution is -0.138. The molecule has 38 heavy (non-hydrogen) atoms. The van der Waals surface area contributed by atoms with E-state index in [4.69, 9.17) is 9.72 Å². The van der Waals surface area contributed by atoms with Crippen LogP contribution in [0.4, 0.5) is 11.6 Å². The molecule has 1 aliphatic heterocycles. The Hall–Kier alpha value is -3.79. The van der Waals surface area contributed by atoms with Crippen LogP contribution in [0.15, 0.2) is 48.9 Å². The summed E-state index contributed by atoms with van der Waals surface area (Å²) in [6, 6.07) is 9.14. The van der Waals surface area contributed by atoms with Gasteiger partial charge in [0.1, 0.15) is 24.3 Å². The van der Waals surface area contributed by atoms with Crippen LogP contribution in [0.1, 0.15) is 42.6 Å². The van der Waals surface area contributed by atoms with Crippen molar-refractivity contribution in [1.29, 1.82) is 0 Å². The summed E-state index contributed by atoms with van der Waals surface area (Å²) < 4.78 is 5.81. The molecular formula is C28H37N7O3. The topological polar surface area (TPSA) is 125 Å². The fraction of sp³-hybridized carbons (Fsp3) is 0.464. The van der Waals surface area contributed by atoms with Crippen molar-refractivity contribution in [2.24, 2.45) is 0 Å². The van der Waals surface area contributed by atoms with Gasteiger partial charge in [0.05, 0.1) is 11.9 Å². The smallest absolute Gasteiger partial charge is 0.326 e. The minimum absolute atomic E-state index is 0.423. The van der Waals surface area contributed by atoms with Crippen molar-refractivity contribution in [3.8, 4) is 5.88 Å². The second kappa shape index (κ2) is 14.2. The zero-order chi connectivity index (χ0) is 26.6. The number of fused-ring (bicyclic) bond motifs is 1. The lowest BCUT2D eigenvalue weighted by atomic mass is 10.1. The van der Waals surface area contributed by atoms with Crippen LogP contribution in [0.25, 0.3) is 0 Å². The van der Waals surface area contributed by atoms with E-state index in [1.807, 2.05) is 25.1 Å². The van der Waals surface area contributed by atoms with Crippen LogP contribution in [0, 0.1) is 6.92 Å². The van der Waals surface area contributed by atoms with E-state index in [0.29, 0.717) is 37.8 Å². The lowest BCUT2D eigenvalue weighted by Gasteiger charge is -2.24. The van der Waals surface area contributed by atoms with Crippen LogP contribution in [0.3, 0.4) is 0 Å². The third-order valence-electron chi connectivity index (χ3n) is 6.51. The predicted octanol–water partition coefficient (Wildman–Crippen LogP) is 3.59. The van der Waals surface area contributed by atoms with Crippen LogP contribution in [0.2, 0.25) is 0 Å². The quantitative estimate of drug-likeness (QED) is 0.257. The molecule has 3 N–H and O–H groups in total. The van der Waals surface area contributed by atoms with E-state index >= 15 is 0 Å². The second-order valence-electron chi connectivity index (χ2n) is 9.53. The Balaban J connectivity index is 1.29. The highest BCUT2D eigenvalue weighted by Crippen LogP contribution is 2.20. The van der Waals surface area contributed by atoms with Gasteiger partial charge >= 0.3 is 5.97 Å². The molecule has 10 heteroatoms. The number of anilines is 2. The number of aryl methyl sites for hydroxylation is 3. The first kappa shape index (κ1) is 27.3. The summed E-state index contributed by atoms with van der Waals surface area (Å²) in [6.45, 7) is 5.41. The molecule has 4 rings (SSSR count). The molecule has 0 aliphatic carbocycles. The van der Waals surface area contributed by atoms with Gasteiger partial charge < -0.3 is 20.5 Å². The number of aliphatic carboxylic acids is 1. The maximum absolute atomic E-state index is 11.9. The summed E-state index contributed by atoms with van der Waals surface area (Å²) in [7, 11) is 0. The zero-order valence-corrected chi connectivity index (χ0v) is 22.0. The summed E-state index contributed by atoms with van der Waals surface area (Å²) >= 11 is 0. The van der Waals surface area contributed by atoms with Crippen molar-refractivity contribution in [2.45, 2.75) is 51.5 Å². The standard InChI is InChI=1S/C28H37N7O3/c1-21-19-29-20-25(32-21)34-24(28(36)37)12-16-35(17-18-38-26-9-2-4-13-30-26)15-5-3-8-23-11-10-22-7-6-14-31-27(22)33-23/h2,4,9-11,13,19-20,24H,3,5-8,12,14-18H2,1H3,(H,31,33)(H,32,34)(H,36,37). The molecule has 0 spiro atoms. The van der Waals surface area contributed by atoms with Crippen LogP contribution >= 0.6 is 0 Å². The molecule has 4 heterocycles. The first-order valence-corrected chi connectivity index (χ1v) is 13.3. The lowest BCUT2D eigenvalue weighted by Crippen LogP contribution is -2.37. The Morgan fingerprint density at radius 3 is 2.89 bits per heavy atom. The number of carboxylic acids is 1. The number of pyridine rings is 2. The molecule has 1 atom stereocenters. The number of carboxylic acid groups (broad SMARTS) is 1. The third kappa shape index (κ3) is 8.65. The number of nitrogens with zero attached hydrogens (tertiary/aromatic N) is 5. The van der Waals surface area contributed by atoms with Gasteiger partial charge in [-0.2, -0.15) is 0 Å². The number of ether oxygens (including phenoxy) is 1. The number of hydrogen-bond donors (Lipinski definition) is 3. The highest BCUT2D eigenvalue weighted by atomic mass is 16.5. The average molecular weight is 520 g/mol. The van der Waals surface area contributed by atoms with Gasteiger partial charge in [0, 0.05) is 43.8 Å². The summed E-state index contributed by atoms with van der Waals surface area (Å²) in [4.78, 5) is 31.6. The molecule has 0 amide bonds. The zero-order valence-electron chi connectivity index (χ0n) is 22.0. The second-order valence-corrected chi connectivity index (χ2v) is 9.53. The van der Waals surface area contributed by atoms with Gasteiger partial charge in [-0.25, -0.2) is 19.7 Å². The van der Waals surface area contributed by atoms with Gasteiger partial charge in [-0.15, -0.1) is 0 Å². The van der Waals surface area contributed by atoms with Crippen molar-refractivity contribution < 1.29 is 14.6 Å². The van der Waals surface area contributed by atoms with Gasteiger partial charge in [0.25, 0.3) is 0 Å². The van der Waals surface area contributed by atoms with E-state index in [9.17, 15) is 9.90 Å². The molecule has 0 saturated carbocycles. The summed E-state index contributed by atoms with van der Waals surface area (Å²) in [5.41, 5.74) is 3.14. The minimum Gasteiger partial charge on any atom is -0.480 e. The number of unbranched alkanes of at least 4 members (excludes halogenated alkanes) is 1. The molecule has 0 aromatic carbocycles. The molecule has 3 aromatic rings. The van der Waals surface area contributed by atoms with E-state index in [0.717, 1.165) is 62.4 Å². The molecule has 0 bridgehead atoms. The molecule has 0 radical (unpaired) electrons. The fourth-order valence-corrected chi connectivity index (χ4v) is 4.48. The Morgan fingerprint density at radius 1 is 1.16 bits per heavy atom. The van der Waals surface area contributed by atoms with Crippen molar-refractivity contribution in [1.82, 2.24) is 24.8 Å². The molecule has 3 aromatic heterocycles. The molecular weight excluding hydrogens is 482 g/mol. The predicted molar refractivity (Wildman–Crippen MR) is 147 cm³/mol. The number of hydrogen-bond acceptors (Lipinski definition) is 9. The van der Waals surface area contributed by atoms with Gasteiger partial charge in [-0.3, -0.25) is 9.88 Å². The van der Waals surface area contributed by atoms with E-state index in [-0.39, 0.29) is 0 Å². The van der Waals surface area contributed by atoms with E-state index in [1.54, 1.807) is 18.6 Å². The first-order valence-electron chi connectivity index (χ1n) is 13.3. The summed E-state index contributed by atoms with van der Waals surface area (Å²) in [6.07, 6.45) is 10.5. The Labute approximate surface area is 223 Å². The Morgan fingerprint density at radius 2 is 2.08 bits per heavy atom. The molecule has 0 fully saturated rings.